The zero-order valence-corrected chi connectivity index (χ0v) is 19.0. The van der Waals surface area contributed by atoms with Crippen molar-refractivity contribution in [2.24, 2.45) is 0 Å². The van der Waals surface area contributed by atoms with Gasteiger partial charge in [-0.25, -0.2) is 8.42 Å². The molecule has 0 spiro atoms. The molecule has 0 bridgehead atoms. The van der Waals surface area contributed by atoms with Crippen molar-refractivity contribution in [1.82, 2.24) is 14.5 Å². The molecule has 2 aromatic carbocycles. The van der Waals surface area contributed by atoms with Crippen LogP contribution < -0.4 is 5.32 Å². The van der Waals surface area contributed by atoms with Crippen molar-refractivity contribution in [1.29, 1.82) is 0 Å². The minimum atomic E-state index is -3.75. The van der Waals surface area contributed by atoms with Crippen molar-refractivity contribution in [3.05, 3.63) is 64.7 Å². The number of carbonyl (C=O) groups excluding carboxylic acids is 1. The van der Waals surface area contributed by atoms with E-state index in [0.717, 1.165) is 25.2 Å². The van der Waals surface area contributed by atoms with Crippen molar-refractivity contribution in [2.75, 3.05) is 19.6 Å². The van der Waals surface area contributed by atoms with Gasteiger partial charge in [0.25, 0.3) is 0 Å². The molecule has 2 aromatic rings. The molecular formula is C23H28ClN3O3S. The number of halogens is 1. The summed E-state index contributed by atoms with van der Waals surface area (Å²) >= 11 is 5.89. The van der Waals surface area contributed by atoms with Crippen LogP contribution in [0.5, 0.6) is 0 Å². The molecule has 1 amide bonds. The molecule has 0 saturated carbocycles. The molecule has 2 saturated heterocycles. The molecule has 0 aliphatic carbocycles. The highest BCUT2D eigenvalue weighted by Gasteiger charge is 2.39. The van der Waals surface area contributed by atoms with E-state index in [9.17, 15) is 13.2 Å². The third-order valence-corrected chi connectivity index (χ3v) is 8.27. The maximum atomic E-state index is 13.1. The summed E-state index contributed by atoms with van der Waals surface area (Å²) in [7, 11) is -3.75. The summed E-state index contributed by atoms with van der Waals surface area (Å²) in [5, 5.41) is 3.46. The Morgan fingerprint density at radius 2 is 1.65 bits per heavy atom. The van der Waals surface area contributed by atoms with E-state index >= 15 is 0 Å². The first-order chi connectivity index (χ1) is 14.9. The second-order valence-corrected chi connectivity index (χ2v) is 10.5. The summed E-state index contributed by atoms with van der Waals surface area (Å²) in [4.78, 5) is 15.6. The molecule has 0 radical (unpaired) electrons. The fraction of sp³-hybridized carbons (Fsp3) is 0.435. The minimum absolute atomic E-state index is 0.160. The second kappa shape index (κ2) is 9.69. The quantitative estimate of drug-likeness (QED) is 0.686. The summed E-state index contributed by atoms with van der Waals surface area (Å²) in [6.07, 6.45) is 3.65. The van der Waals surface area contributed by atoms with Gasteiger partial charge in [-0.3, -0.25) is 9.69 Å². The van der Waals surface area contributed by atoms with Crippen molar-refractivity contribution >= 4 is 27.5 Å². The van der Waals surface area contributed by atoms with Gasteiger partial charge in [-0.05, 0) is 74.2 Å². The number of hydrogen-bond donors (Lipinski definition) is 1. The number of benzene rings is 2. The lowest BCUT2D eigenvalue weighted by Crippen LogP contribution is -2.45. The Labute approximate surface area is 189 Å². The van der Waals surface area contributed by atoms with Crippen molar-refractivity contribution in [3.63, 3.8) is 0 Å². The van der Waals surface area contributed by atoms with E-state index in [2.05, 4.69) is 16.3 Å². The smallest absolute Gasteiger partial charge is 0.243 e. The molecule has 8 heteroatoms. The van der Waals surface area contributed by atoms with E-state index in [4.69, 9.17) is 11.6 Å². The van der Waals surface area contributed by atoms with Crippen LogP contribution in [0.1, 0.15) is 36.8 Å². The van der Waals surface area contributed by atoms with Gasteiger partial charge in [-0.1, -0.05) is 35.9 Å². The molecule has 1 atom stereocenters. The maximum absolute atomic E-state index is 13.1. The van der Waals surface area contributed by atoms with Crippen molar-refractivity contribution < 1.29 is 13.2 Å². The molecule has 31 heavy (non-hydrogen) atoms. The van der Waals surface area contributed by atoms with E-state index in [-0.39, 0.29) is 10.8 Å². The third-order valence-electron chi connectivity index (χ3n) is 6.09. The molecule has 4 rings (SSSR count). The van der Waals surface area contributed by atoms with Gasteiger partial charge in [0, 0.05) is 24.7 Å². The first-order valence-electron chi connectivity index (χ1n) is 10.8. The molecule has 166 valence electrons. The van der Waals surface area contributed by atoms with Crippen LogP contribution in [0.25, 0.3) is 0 Å². The van der Waals surface area contributed by atoms with Crippen LogP contribution in [0, 0.1) is 0 Å². The van der Waals surface area contributed by atoms with Crippen LogP contribution in [-0.2, 0) is 27.9 Å². The predicted molar refractivity (Wildman–Crippen MR) is 121 cm³/mol. The van der Waals surface area contributed by atoms with Gasteiger partial charge < -0.3 is 5.32 Å². The molecule has 0 unspecified atom stereocenters. The summed E-state index contributed by atoms with van der Waals surface area (Å²) in [6.45, 7) is 3.84. The Morgan fingerprint density at radius 3 is 2.35 bits per heavy atom. The van der Waals surface area contributed by atoms with Crippen LogP contribution in [-0.4, -0.2) is 49.2 Å². The van der Waals surface area contributed by atoms with Crippen LogP contribution in [0.15, 0.2) is 53.4 Å². The number of sulfonamides is 1. The Hall–Kier alpha value is -1.93. The standard InChI is InChI=1S/C23H28ClN3O3S/c24-20-9-11-21(12-10-20)31(29,30)27-15-5-8-22(27)23(28)25-16-18-6-1-2-7-19(18)17-26-13-3-4-14-26/h1-2,6-7,9-12,22H,3-5,8,13-17H2,(H,25,28)/t22-/m1/s1. The maximum Gasteiger partial charge on any atom is 0.243 e. The highest BCUT2D eigenvalue weighted by atomic mass is 35.5. The van der Waals surface area contributed by atoms with Crippen LogP contribution >= 0.6 is 11.6 Å². The van der Waals surface area contributed by atoms with Gasteiger partial charge in [0.05, 0.1) is 4.90 Å². The molecule has 2 aliphatic heterocycles. The number of carbonyl (C=O) groups is 1. The second-order valence-electron chi connectivity index (χ2n) is 8.20. The Morgan fingerprint density at radius 1 is 0.968 bits per heavy atom. The van der Waals surface area contributed by atoms with Crippen molar-refractivity contribution in [3.8, 4) is 0 Å². The molecule has 1 N–H and O–H groups in total. The van der Waals surface area contributed by atoms with Gasteiger partial charge in [0.1, 0.15) is 6.04 Å². The number of likely N-dealkylation sites (tertiary alicyclic amines) is 1. The van der Waals surface area contributed by atoms with Crippen LogP contribution in [0.4, 0.5) is 0 Å². The first kappa shape index (κ1) is 22.3. The number of hydrogen-bond acceptors (Lipinski definition) is 4. The Bertz CT molecular complexity index is 1020. The number of nitrogens with zero attached hydrogens (tertiary/aromatic N) is 2. The lowest BCUT2D eigenvalue weighted by atomic mass is 10.1. The summed E-state index contributed by atoms with van der Waals surface area (Å²) in [6, 6.07) is 13.5. The SMILES string of the molecule is O=C(NCc1ccccc1CN1CCCC1)[C@H]1CCCN1S(=O)(=O)c1ccc(Cl)cc1. The Balaban J connectivity index is 1.43. The summed E-state index contributed by atoms with van der Waals surface area (Å²) in [5.41, 5.74) is 2.29. The normalized spacial score (nSPS) is 20.2. The van der Waals surface area contributed by atoms with E-state index in [0.29, 0.717) is 31.0 Å². The van der Waals surface area contributed by atoms with Gasteiger partial charge in [-0.15, -0.1) is 0 Å². The van der Waals surface area contributed by atoms with Gasteiger partial charge in [0.15, 0.2) is 0 Å². The topological polar surface area (TPSA) is 69.7 Å². The number of rotatable bonds is 7. The average Bonchev–Trinajstić information content (AvgIpc) is 3.46. The molecular weight excluding hydrogens is 434 g/mol. The monoisotopic (exact) mass is 461 g/mol. The van der Waals surface area contributed by atoms with E-state index < -0.39 is 16.1 Å². The van der Waals surface area contributed by atoms with Crippen LogP contribution in [0.2, 0.25) is 5.02 Å². The average molecular weight is 462 g/mol. The fourth-order valence-electron chi connectivity index (χ4n) is 4.40. The zero-order chi connectivity index (χ0) is 21.8. The molecule has 2 aliphatic rings. The summed E-state index contributed by atoms with van der Waals surface area (Å²) < 4.78 is 27.5. The first-order valence-corrected chi connectivity index (χ1v) is 12.6. The highest BCUT2D eigenvalue weighted by molar-refractivity contribution is 7.89. The lowest BCUT2D eigenvalue weighted by molar-refractivity contribution is -0.124. The Kier molecular flexibility index (Phi) is 6.96. The minimum Gasteiger partial charge on any atom is -0.351 e. The zero-order valence-electron chi connectivity index (χ0n) is 17.5. The van der Waals surface area contributed by atoms with Gasteiger partial charge in [0.2, 0.25) is 15.9 Å². The van der Waals surface area contributed by atoms with Crippen LogP contribution in [0.3, 0.4) is 0 Å². The molecule has 2 fully saturated rings. The summed E-state index contributed by atoms with van der Waals surface area (Å²) in [5.74, 6) is -0.244. The molecule has 6 nitrogen and oxygen atoms in total. The van der Waals surface area contributed by atoms with Crippen molar-refractivity contribution in [2.45, 2.75) is 49.7 Å². The third kappa shape index (κ3) is 5.12. The predicted octanol–water partition coefficient (Wildman–Crippen LogP) is 3.41. The highest BCUT2D eigenvalue weighted by Crippen LogP contribution is 2.27. The van der Waals surface area contributed by atoms with E-state index in [1.807, 2.05) is 18.2 Å². The largest absolute Gasteiger partial charge is 0.351 e. The van der Waals surface area contributed by atoms with E-state index in [1.54, 1.807) is 12.1 Å². The van der Waals surface area contributed by atoms with E-state index in [1.165, 1.54) is 34.8 Å². The molecule has 2 heterocycles. The fourth-order valence-corrected chi connectivity index (χ4v) is 6.18. The van der Waals surface area contributed by atoms with Gasteiger partial charge >= 0.3 is 0 Å². The number of amides is 1. The molecule has 0 aromatic heterocycles. The number of nitrogens with one attached hydrogen (secondary N) is 1. The lowest BCUT2D eigenvalue weighted by Gasteiger charge is -2.24. The van der Waals surface area contributed by atoms with Gasteiger partial charge in [-0.2, -0.15) is 4.31 Å².